The molecule has 1 aromatic rings. The molecule has 18 heavy (non-hydrogen) atoms. The van der Waals surface area contributed by atoms with Crippen LogP contribution in [0.5, 0.6) is 0 Å². The van der Waals surface area contributed by atoms with Gasteiger partial charge in [-0.1, -0.05) is 70.2 Å². The second kappa shape index (κ2) is 6.63. The lowest BCUT2D eigenvalue weighted by Gasteiger charge is -2.12. The highest BCUT2D eigenvalue weighted by molar-refractivity contribution is 5.85. The molecule has 0 aliphatic carbocycles. The summed E-state index contributed by atoms with van der Waals surface area (Å²) in [6.45, 7) is 6.51. The van der Waals surface area contributed by atoms with Gasteiger partial charge in [-0.2, -0.15) is 0 Å². The van der Waals surface area contributed by atoms with E-state index >= 15 is 0 Å². The van der Waals surface area contributed by atoms with Gasteiger partial charge in [-0.25, -0.2) is 0 Å². The Hall–Kier alpha value is -1.24. The average molecular weight is 243 g/mol. The van der Waals surface area contributed by atoms with Gasteiger partial charge in [0.25, 0.3) is 0 Å². The Balaban J connectivity index is 1.72. The van der Waals surface area contributed by atoms with E-state index in [1.54, 1.807) is 0 Å². The number of benzene rings is 1. The molecule has 1 heteroatoms. The standard InChI is InChI=1S/C17H25N/c1-3-4-5-6-7-8-12-16-14(2)15-11-9-10-13-17(15)18-16/h9-11,13,16,18H,2-8,12H2,1H3. The Kier molecular flexibility index (Phi) is 4.86. The second-order valence-corrected chi connectivity index (χ2v) is 5.32. The van der Waals surface area contributed by atoms with Crippen molar-refractivity contribution in [2.45, 2.75) is 57.9 Å². The molecule has 1 heterocycles. The fourth-order valence-electron chi connectivity index (χ4n) is 2.73. The summed E-state index contributed by atoms with van der Waals surface area (Å²) in [6.07, 6.45) is 9.40. The van der Waals surface area contributed by atoms with Crippen LogP contribution >= 0.6 is 0 Å². The highest BCUT2D eigenvalue weighted by Crippen LogP contribution is 2.35. The van der Waals surface area contributed by atoms with Crippen LogP contribution in [-0.2, 0) is 0 Å². The van der Waals surface area contributed by atoms with E-state index in [1.807, 2.05) is 0 Å². The molecule has 1 aromatic carbocycles. The molecule has 0 radical (unpaired) electrons. The van der Waals surface area contributed by atoms with Crippen molar-refractivity contribution in [3.8, 4) is 0 Å². The number of anilines is 1. The van der Waals surface area contributed by atoms with Crippen molar-refractivity contribution in [2.24, 2.45) is 0 Å². The molecule has 98 valence electrons. The first-order valence-electron chi connectivity index (χ1n) is 7.37. The molecular formula is C17H25N. The van der Waals surface area contributed by atoms with Crippen LogP contribution in [0.15, 0.2) is 30.8 Å². The molecule has 0 fully saturated rings. The summed E-state index contributed by atoms with van der Waals surface area (Å²) in [4.78, 5) is 0. The van der Waals surface area contributed by atoms with Gasteiger partial charge in [0.2, 0.25) is 0 Å². The lowest BCUT2D eigenvalue weighted by Crippen LogP contribution is -2.13. The third kappa shape index (κ3) is 3.16. The number of hydrogen-bond donors (Lipinski definition) is 1. The van der Waals surface area contributed by atoms with E-state index in [1.165, 1.54) is 61.8 Å². The highest BCUT2D eigenvalue weighted by atomic mass is 15.0. The molecule has 0 spiro atoms. The summed E-state index contributed by atoms with van der Waals surface area (Å²) in [5.74, 6) is 0. The number of fused-ring (bicyclic) bond motifs is 1. The second-order valence-electron chi connectivity index (χ2n) is 5.32. The zero-order valence-electron chi connectivity index (χ0n) is 11.5. The van der Waals surface area contributed by atoms with E-state index in [-0.39, 0.29) is 0 Å². The van der Waals surface area contributed by atoms with Crippen molar-refractivity contribution in [1.82, 2.24) is 0 Å². The Labute approximate surface area is 111 Å². The van der Waals surface area contributed by atoms with Gasteiger partial charge in [-0.05, 0) is 18.1 Å². The monoisotopic (exact) mass is 243 g/mol. The van der Waals surface area contributed by atoms with Crippen LogP contribution in [0.3, 0.4) is 0 Å². The lowest BCUT2D eigenvalue weighted by atomic mass is 9.99. The minimum Gasteiger partial charge on any atom is -0.378 e. The average Bonchev–Trinajstić information content (AvgIpc) is 2.71. The third-order valence-corrected chi connectivity index (χ3v) is 3.87. The maximum absolute atomic E-state index is 4.24. The minimum absolute atomic E-state index is 0.466. The van der Waals surface area contributed by atoms with Crippen molar-refractivity contribution in [3.05, 3.63) is 36.4 Å². The third-order valence-electron chi connectivity index (χ3n) is 3.87. The first-order valence-corrected chi connectivity index (χ1v) is 7.37. The van der Waals surface area contributed by atoms with Gasteiger partial charge in [-0.3, -0.25) is 0 Å². The van der Waals surface area contributed by atoms with E-state index in [0.717, 1.165) is 0 Å². The quantitative estimate of drug-likeness (QED) is 0.645. The molecule has 1 aliphatic heterocycles. The van der Waals surface area contributed by atoms with E-state index in [0.29, 0.717) is 6.04 Å². The summed E-state index contributed by atoms with van der Waals surface area (Å²) >= 11 is 0. The first-order chi connectivity index (χ1) is 8.83. The predicted molar refractivity (Wildman–Crippen MR) is 80.9 cm³/mol. The van der Waals surface area contributed by atoms with Crippen LogP contribution in [0.25, 0.3) is 5.57 Å². The van der Waals surface area contributed by atoms with Crippen molar-refractivity contribution >= 4 is 11.3 Å². The molecule has 1 aliphatic rings. The van der Waals surface area contributed by atoms with E-state index < -0.39 is 0 Å². The van der Waals surface area contributed by atoms with Gasteiger partial charge in [0.15, 0.2) is 0 Å². The topological polar surface area (TPSA) is 12.0 Å². The molecule has 1 N–H and O–H groups in total. The summed E-state index contributed by atoms with van der Waals surface area (Å²) in [5, 5.41) is 3.59. The molecule has 2 rings (SSSR count). The molecule has 0 aromatic heterocycles. The fraction of sp³-hybridized carbons (Fsp3) is 0.529. The van der Waals surface area contributed by atoms with Crippen molar-refractivity contribution < 1.29 is 0 Å². The van der Waals surface area contributed by atoms with Crippen LogP contribution in [0.4, 0.5) is 5.69 Å². The summed E-state index contributed by atoms with van der Waals surface area (Å²) in [6, 6.07) is 8.98. The minimum atomic E-state index is 0.466. The van der Waals surface area contributed by atoms with Crippen molar-refractivity contribution in [3.63, 3.8) is 0 Å². The Morgan fingerprint density at radius 2 is 1.78 bits per heavy atom. The number of unbranched alkanes of at least 4 members (excludes halogenated alkanes) is 5. The van der Waals surface area contributed by atoms with Gasteiger partial charge in [0, 0.05) is 11.3 Å². The molecule has 0 amide bonds. The number of hydrogen-bond acceptors (Lipinski definition) is 1. The molecule has 0 saturated carbocycles. The van der Waals surface area contributed by atoms with Crippen molar-refractivity contribution in [1.29, 1.82) is 0 Å². The fourth-order valence-corrected chi connectivity index (χ4v) is 2.73. The van der Waals surface area contributed by atoms with Crippen LogP contribution in [0.1, 0.15) is 57.4 Å². The zero-order chi connectivity index (χ0) is 12.8. The summed E-state index contributed by atoms with van der Waals surface area (Å²) in [5.41, 5.74) is 3.85. The lowest BCUT2D eigenvalue weighted by molar-refractivity contribution is 0.584. The van der Waals surface area contributed by atoms with Gasteiger partial charge in [0.1, 0.15) is 0 Å². The van der Waals surface area contributed by atoms with Gasteiger partial charge in [0.05, 0.1) is 6.04 Å². The normalized spacial score (nSPS) is 17.6. The Morgan fingerprint density at radius 1 is 1.06 bits per heavy atom. The van der Waals surface area contributed by atoms with Gasteiger partial charge >= 0.3 is 0 Å². The number of para-hydroxylation sites is 1. The molecule has 0 saturated heterocycles. The summed E-state index contributed by atoms with van der Waals surface area (Å²) < 4.78 is 0. The Morgan fingerprint density at radius 3 is 2.56 bits per heavy atom. The van der Waals surface area contributed by atoms with Crippen molar-refractivity contribution in [2.75, 3.05) is 5.32 Å². The number of nitrogens with one attached hydrogen (secondary N) is 1. The van der Waals surface area contributed by atoms with Crippen LogP contribution in [0.2, 0.25) is 0 Å². The van der Waals surface area contributed by atoms with E-state index in [9.17, 15) is 0 Å². The molecule has 1 unspecified atom stereocenters. The highest BCUT2D eigenvalue weighted by Gasteiger charge is 2.23. The van der Waals surface area contributed by atoms with Crippen LogP contribution in [-0.4, -0.2) is 6.04 Å². The maximum Gasteiger partial charge on any atom is 0.0514 e. The number of rotatable bonds is 7. The maximum atomic E-state index is 4.24. The van der Waals surface area contributed by atoms with Crippen LogP contribution in [0, 0.1) is 0 Å². The zero-order valence-corrected chi connectivity index (χ0v) is 11.5. The smallest absolute Gasteiger partial charge is 0.0514 e. The Bertz CT molecular complexity index is 394. The van der Waals surface area contributed by atoms with E-state index in [2.05, 4.69) is 43.1 Å². The van der Waals surface area contributed by atoms with E-state index in [4.69, 9.17) is 0 Å². The molecule has 1 nitrogen and oxygen atoms in total. The molecule has 1 atom stereocenters. The van der Waals surface area contributed by atoms with Gasteiger partial charge < -0.3 is 5.32 Å². The summed E-state index contributed by atoms with van der Waals surface area (Å²) in [7, 11) is 0. The molecular weight excluding hydrogens is 218 g/mol. The van der Waals surface area contributed by atoms with Gasteiger partial charge in [-0.15, -0.1) is 0 Å². The first kappa shape index (κ1) is 13.2. The SMILES string of the molecule is C=C1c2ccccc2NC1CCCCCCCC. The molecule has 0 bridgehead atoms. The van der Waals surface area contributed by atoms with Crippen LogP contribution < -0.4 is 5.32 Å². The largest absolute Gasteiger partial charge is 0.378 e. The predicted octanol–water partition coefficient (Wildman–Crippen LogP) is 5.24.